The maximum Gasteiger partial charge on any atom is 0.122 e. The molecule has 4 nitrogen and oxygen atoms in total. The third-order valence-corrected chi connectivity index (χ3v) is 4.33. The Morgan fingerprint density at radius 3 is 3.00 bits per heavy atom. The molecule has 2 aromatic rings. The molecule has 0 bridgehead atoms. The summed E-state index contributed by atoms with van der Waals surface area (Å²) in [5, 5.41) is 0. The number of nitrogens with zero attached hydrogens (tertiary/aromatic N) is 3. The summed E-state index contributed by atoms with van der Waals surface area (Å²) in [7, 11) is 1.70. The van der Waals surface area contributed by atoms with Crippen LogP contribution >= 0.6 is 0 Å². The summed E-state index contributed by atoms with van der Waals surface area (Å²) < 4.78 is 7.44. The number of ether oxygens (including phenoxy) is 1. The minimum absolute atomic E-state index is 0.654. The van der Waals surface area contributed by atoms with E-state index in [-0.39, 0.29) is 0 Å². The second kappa shape index (κ2) is 5.44. The Labute approximate surface area is 120 Å². The molecular formula is C16H23N3O. The van der Waals surface area contributed by atoms with Gasteiger partial charge in [0.2, 0.25) is 0 Å². The zero-order valence-electron chi connectivity index (χ0n) is 12.5. The number of rotatable bonds is 4. The van der Waals surface area contributed by atoms with Crippen LogP contribution in [-0.4, -0.2) is 40.5 Å². The largest absolute Gasteiger partial charge is 0.497 e. The van der Waals surface area contributed by atoms with Gasteiger partial charge in [0, 0.05) is 31.3 Å². The fraction of sp³-hybridized carbons (Fsp3) is 0.562. The highest BCUT2D eigenvalue weighted by Crippen LogP contribution is 2.23. The maximum atomic E-state index is 5.26. The van der Waals surface area contributed by atoms with Gasteiger partial charge in [-0.1, -0.05) is 0 Å². The Morgan fingerprint density at radius 1 is 1.45 bits per heavy atom. The Kier molecular flexibility index (Phi) is 3.66. The van der Waals surface area contributed by atoms with Crippen LogP contribution in [-0.2, 0) is 6.42 Å². The topological polar surface area (TPSA) is 29.8 Å². The average Bonchev–Trinajstić information content (AvgIpc) is 3.06. The first-order valence-electron chi connectivity index (χ1n) is 7.41. The van der Waals surface area contributed by atoms with Crippen molar-refractivity contribution in [3.8, 4) is 5.75 Å². The molecule has 2 aromatic heterocycles. The number of hydrogen-bond donors (Lipinski definition) is 0. The first kappa shape index (κ1) is 13.4. The smallest absolute Gasteiger partial charge is 0.122 e. The van der Waals surface area contributed by atoms with Crippen LogP contribution in [0.15, 0.2) is 24.5 Å². The van der Waals surface area contributed by atoms with Gasteiger partial charge in [-0.15, -0.1) is 0 Å². The summed E-state index contributed by atoms with van der Waals surface area (Å²) in [6.45, 7) is 6.97. The fourth-order valence-electron chi connectivity index (χ4n) is 3.07. The van der Waals surface area contributed by atoms with Crippen molar-refractivity contribution in [2.24, 2.45) is 5.92 Å². The monoisotopic (exact) mass is 273 g/mol. The van der Waals surface area contributed by atoms with Crippen molar-refractivity contribution >= 4 is 5.52 Å². The fourth-order valence-corrected chi connectivity index (χ4v) is 3.07. The molecule has 0 amide bonds. The lowest BCUT2D eigenvalue weighted by Crippen LogP contribution is -2.28. The van der Waals surface area contributed by atoms with Crippen molar-refractivity contribution < 1.29 is 4.74 Å². The number of hydrogen-bond acceptors (Lipinski definition) is 3. The van der Waals surface area contributed by atoms with Gasteiger partial charge in [-0.2, -0.15) is 0 Å². The standard InChI is InChI=1S/C16H23N3O/c1-12(2)18-6-4-13(11-18)8-16-17-10-14-9-15(20-3)5-7-19(14)16/h5,7,9-10,12-13H,4,6,8,11H2,1-3H3. The molecule has 1 atom stereocenters. The van der Waals surface area contributed by atoms with E-state index in [1.807, 2.05) is 18.3 Å². The highest BCUT2D eigenvalue weighted by molar-refractivity contribution is 5.50. The van der Waals surface area contributed by atoms with Crippen LogP contribution in [0.25, 0.3) is 5.52 Å². The van der Waals surface area contributed by atoms with E-state index in [2.05, 4.69) is 34.3 Å². The highest BCUT2D eigenvalue weighted by atomic mass is 16.5. The Bertz CT molecular complexity index is 590. The second-order valence-electron chi connectivity index (χ2n) is 5.98. The lowest BCUT2D eigenvalue weighted by molar-refractivity contribution is 0.264. The van der Waals surface area contributed by atoms with E-state index in [1.165, 1.54) is 25.3 Å². The predicted octanol–water partition coefficient (Wildman–Crippen LogP) is 2.62. The summed E-state index contributed by atoms with van der Waals surface area (Å²) >= 11 is 0. The van der Waals surface area contributed by atoms with E-state index >= 15 is 0 Å². The molecule has 3 heterocycles. The van der Waals surface area contributed by atoms with E-state index in [1.54, 1.807) is 7.11 Å². The molecule has 0 aromatic carbocycles. The van der Waals surface area contributed by atoms with Crippen LogP contribution in [0.3, 0.4) is 0 Å². The number of pyridine rings is 1. The van der Waals surface area contributed by atoms with Gasteiger partial charge in [0.1, 0.15) is 11.6 Å². The Hall–Kier alpha value is -1.55. The SMILES string of the molecule is COc1ccn2c(CC3CCN(C(C)C)C3)ncc2c1. The molecule has 1 unspecified atom stereocenters. The molecule has 0 radical (unpaired) electrons. The summed E-state index contributed by atoms with van der Waals surface area (Å²) in [5.41, 5.74) is 1.11. The molecule has 1 aliphatic rings. The number of imidazole rings is 1. The van der Waals surface area contributed by atoms with Gasteiger partial charge in [0.25, 0.3) is 0 Å². The van der Waals surface area contributed by atoms with Crippen molar-refractivity contribution in [2.75, 3.05) is 20.2 Å². The quantitative estimate of drug-likeness (QED) is 0.857. The van der Waals surface area contributed by atoms with Crippen LogP contribution in [0.4, 0.5) is 0 Å². The van der Waals surface area contributed by atoms with Crippen molar-refractivity contribution in [1.29, 1.82) is 0 Å². The zero-order valence-corrected chi connectivity index (χ0v) is 12.5. The molecule has 3 rings (SSSR count). The van der Waals surface area contributed by atoms with Crippen LogP contribution in [0.2, 0.25) is 0 Å². The van der Waals surface area contributed by atoms with E-state index in [0.717, 1.165) is 23.6 Å². The molecule has 0 spiro atoms. The van der Waals surface area contributed by atoms with E-state index in [4.69, 9.17) is 4.74 Å². The third kappa shape index (κ3) is 2.52. The summed E-state index contributed by atoms with van der Waals surface area (Å²) in [6.07, 6.45) is 6.34. The summed E-state index contributed by atoms with van der Waals surface area (Å²) in [5.74, 6) is 2.78. The van der Waals surface area contributed by atoms with Gasteiger partial charge in [0.15, 0.2) is 0 Å². The van der Waals surface area contributed by atoms with E-state index in [9.17, 15) is 0 Å². The van der Waals surface area contributed by atoms with Gasteiger partial charge in [-0.05, 0) is 38.8 Å². The number of fused-ring (bicyclic) bond motifs is 1. The van der Waals surface area contributed by atoms with Crippen molar-refractivity contribution in [3.05, 3.63) is 30.4 Å². The maximum absolute atomic E-state index is 5.26. The highest BCUT2D eigenvalue weighted by Gasteiger charge is 2.25. The molecule has 1 fully saturated rings. The van der Waals surface area contributed by atoms with E-state index < -0.39 is 0 Å². The molecule has 108 valence electrons. The van der Waals surface area contributed by atoms with Crippen LogP contribution in [0, 0.1) is 5.92 Å². The molecular weight excluding hydrogens is 250 g/mol. The number of aromatic nitrogens is 2. The van der Waals surface area contributed by atoms with E-state index in [0.29, 0.717) is 6.04 Å². The molecule has 1 saturated heterocycles. The van der Waals surface area contributed by atoms with Crippen LogP contribution in [0.1, 0.15) is 26.1 Å². The predicted molar refractivity (Wildman–Crippen MR) is 80.3 cm³/mol. The minimum atomic E-state index is 0.654. The lowest BCUT2D eigenvalue weighted by atomic mass is 10.0. The lowest BCUT2D eigenvalue weighted by Gasteiger charge is -2.20. The molecule has 0 N–H and O–H groups in total. The van der Waals surface area contributed by atoms with Crippen molar-refractivity contribution in [1.82, 2.24) is 14.3 Å². The number of methoxy groups -OCH3 is 1. The summed E-state index contributed by atoms with van der Waals surface area (Å²) in [4.78, 5) is 7.15. The molecule has 0 aliphatic carbocycles. The molecule has 20 heavy (non-hydrogen) atoms. The first-order valence-corrected chi connectivity index (χ1v) is 7.41. The van der Waals surface area contributed by atoms with Gasteiger partial charge in [-0.25, -0.2) is 4.98 Å². The normalized spacial score (nSPS) is 20.1. The summed E-state index contributed by atoms with van der Waals surface area (Å²) in [6, 6.07) is 4.68. The minimum Gasteiger partial charge on any atom is -0.497 e. The van der Waals surface area contributed by atoms with Crippen molar-refractivity contribution in [2.45, 2.75) is 32.7 Å². The molecule has 4 heteroatoms. The van der Waals surface area contributed by atoms with Crippen molar-refractivity contribution in [3.63, 3.8) is 0 Å². The van der Waals surface area contributed by atoms with Crippen LogP contribution in [0.5, 0.6) is 5.75 Å². The number of likely N-dealkylation sites (tertiary alicyclic amines) is 1. The first-order chi connectivity index (χ1) is 9.67. The average molecular weight is 273 g/mol. The van der Waals surface area contributed by atoms with Gasteiger partial charge < -0.3 is 14.0 Å². The Morgan fingerprint density at radius 2 is 2.30 bits per heavy atom. The Balaban J connectivity index is 1.75. The van der Waals surface area contributed by atoms with Gasteiger partial charge >= 0.3 is 0 Å². The second-order valence-corrected chi connectivity index (χ2v) is 5.98. The van der Waals surface area contributed by atoms with Gasteiger partial charge in [0.05, 0.1) is 18.8 Å². The van der Waals surface area contributed by atoms with Gasteiger partial charge in [-0.3, -0.25) is 0 Å². The zero-order chi connectivity index (χ0) is 14.1. The third-order valence-electron chi connectivity index (χ3n) is 4.33. The van der Waals surface area contributed by atoms with Crippen LogP contribution < -0.4 is 4.74 Å². The molecule has 0 saturated carbocycles. The molecule has 1 aliphatic heterocycles.